The molecule has 0 spiro atoms. The third-order valence-electron chi connectivity index (χ3n) is 4.69. The number of nitrogens with two attached hydrogens (primary N) is 1. The van der Waals surface area contributed by atoms with Crippen LogP contribution in [0.1, 0.15) is 0 Å². The lowest BCUT2D eigenvalue weighted by molar-refractivity contribution is -0.129. The Morgan fingerprint density at radius 2 is 1.79 bits per heavy atom. The Labute approximate surface area is 176 Å². The van der Waals surface area contributed by atoms with E-state index < -0.39 is 10.0 Å². The van der Waals surface area contributed by atoms with Crippen molar-refractivity contribution in [1.29, 1.82) is 0 Å². The first-order valence-electron chi connectivity index (χ1n) is 8.92. The number of piperazine rings is 1. The van der Waals surface area contributed by atoms with Crippen LogP contribution >= 0.6 is 23.1 Å². The van der Waals surface area contributed by atoms with E-state index in [-0.39, 0.29) is 29.6 Å². The second kappa shape index (κ2) is 8.27. The summed E-state index contributed by atoms with van der Waals surface area (Å²) >= 11 is 2.53. The molecule has 4 rings (SSSR count). The van der Waals surface area contributed by atoms with Gasteiger partial charge in [-0.1, -0.05) is 53.4 Å². The number of anilines is 1. The van der Waals surface area contributed by atoms with E-state index in [2.05, 4.69) is 10.2 Å². The minimum Gasteiger partial charge on any atom is -0.374 e. The van der Waals surface area contributed by atoms with Crippen LogP contribution in [-0.4, -0.2) is 65.7 Å². The van der Waals surface area contributed by atoms with Crippen molar-refractivity contribution in [2.75, 3.05) is 37.7 Å². The highest BCUT2D eigenvalue weighted by molar-refractivity contribution is 8.01. The SMILES string of the molecule is Nc1nnc(SCC(=O)N2CCN(S(=O)(=O)c3ccc4ccccc4c3)CC2)s1. The van der Waals surface area contributed by atoms with Crippen LogP contribution < -0.4 is 5.73 Å². The number of fused-ring (bicyclic) bond motifs is 1. The molecule has 2 aromatic carbocycles. The quantitative estimate of drug-likeness (QED) is 0.593. The standard InChI is InChI=1S/C18H19N5O3S3/c19-17-20-21-18(28-17)27-12-16(24)22-7-9-23(10-8-22)29(25,26)15-6-5-13-3-1-2-4-14(13)11-15/h1-6,11H,7-10,12H2,(H2,19,20). The van der Waals surface area contributed by atoms with Gasteiger partial charge in [0.15, 0.2) is 4.34 Å². The number of nitrogen functional groups attached to an aromatic ring is 1. The van der Waals surface area contributed by atoms with E-state index in [0.717, 1.165) is 10.8 Å². The summed E-state index contributed by atoms with van der Waals surface area (Å²) < 4.78 is 28.1. The van der Waals surface area contributed by atoms with E-state index in [1.807, 2.05) is 30.3 Å². The number of rotatable bonds is 5. The number of thioether (sulfide) groups is 1. The monoisotopic (exact) mass is 449 g/mol. The second-order valence-corrected chi connectivity index (χ2v) is 10.7. The smallest absolute Gasteiger partial charge is 0.243 e. The number of carbonyl (C=O) groups is 1. The molecule has 0 bridgehead atoms. The Morgan fingerprint density at radius 3 is 2.48 bits per heavy atom. The van der Waals surface area contributed by atoms with Gasteiger partial charge in [0.25, 0.3) is 0 Å². The summed E-state index contributed by atoms with van der Waals surface area (Å²) in [6.45, 7) is 1.28. The first-order chi connectivity index (χ1) is 13.9. The molecule has 8 nitrogen and oxygen atoms in total. The van der Waals surface area contributed by atoms with Crippen LogP contribution in [0.4, 0.5) is 5.13 Å². The number of sulfonamides is 1. The molecule has 0 radical (unpaired) electrons. The summed E-state index contributed by atoms with van der Waals surface area (Å²) in [6.07, 6.45) is 0. The minimum atomic E-state index is -3.60. The first kappa shape index (κ1) is 20.1. The van der Waals surface area contributed by atoms with E-state index >= 15 is 0 Å². The molecule has 152 valence electrons. The van der Waals surface area contributed by atoms with E-state index in [1.54, 1.807) is 17.0 Å². The van der Waals surface area contributed by atoms with Crippen LogP contribution in [0.15, 0.2) is 51.7 Å². The Bertz CT molecular complexity index is 1140. The maximum absolute atomic E-state index is 13.0. The fourth-order valence-corrected chi connectivity index (χ4v) is 6.15. The Morgan fingerprint density at radius 1 is 1.07 bits per heavy atom. The molecule has 0 unspecified atom stereocenters. The maximum Gasteiger partial charge on any atom is 0.243 e. The highest BCUT2D eigenvalue weighted by atomic mass is 32.2. The van der Waals surface area contributed by atoms with Gasteiger partial charge in [-0.15, -0.1) is 10.2 Å². The highest BCUT2D eigenvalue weighted by Gasteiger charge is 2.30. The molecular weight excluding hydrogens is 430 g/mol. The summed E-state index contributed by atoms with van der Waals surface area (Å²) in [5.41, 5.74) is 5.54. The topological polar surface area (TPSA) is 109 Å². The van der Waals surface area contributed by atoms with Gasteiger partial charge in [-0.25, -0.2) is 8.42 Å². The normalized spacial score (nSPS) is 15.7. The third kappa shape index (κ3) is 4.37. The molecule has 1 fully saturated rings. The number of benzene rings is 2. The number of carbonyl (C=O) groups excluding carboxylic acids is 1. The van der Waals surface area contributed by atoms with Crippen molar-refractivity contribution in [3.8, 4) is 0 Å². The highest BCUT2D eigenvalue weighted by Crippen LogP contribution is 2.25. The third-order valence-corrected chi connectivity index (χ3v) is 8.46. The first-order valence-corrected chi connectivity index (χ1v) is 12.2. The van der Waals surface area contributed by atoms with Gasteiger partial charge in [0.05, 0.1) is 10.6 Å². The van der Waals surface area contributed by atoms with Crippen molar-refractivity contribution in [1.82, 2.24) is 19.4 Å². The van der Waals surface area contributed by atoms with Crippen molar-refractivity contribution in [2.24, 2.45) is 0 Å². The Hall–Kier alpha value is -2.21. The number of amides is 1. The van der Waals surface area contributed by atoms with Crippen molar-refractivity contribution in [2.45, 2.75) is 9.24 Å². The van der Waals surface area contributed by atoms with Crippen molar-refractivity contribution in [3.63, 3.8) is 0 Å². The Kier molecular flexibility index (Phi) is 5.72. The van der Waals surface area contributed by atoms with Gasteiger partial charge < -0.3 is 10.6 Å². The lowest BCUT2D eigenvalue weighted by atomic mass is 10.1. The number of hydrogen-bond donors (Lipinski definition) is 1. The number of hydrogen-bond acceptors (Lipinski definition) is 8. The van der Waals surface area contributed by atoms with Crippen LogP contribution in [-0.2, 0) is 14.8 Å². The summed E-state index contributed by atoms with van der Waals surface area (Å²) in [5, 5.41) is 9.85. The number of aromatic nitrogens is 2. The summed E-state index contributed by atoms with van der Waals surface area (Å²) in [4.78, 5) is 14.4. The summed E-state index contributed by atoms with van der Waals surface area (Å²) in [6, 6.07) is 12.8. The molecule has 1 aromatic heterocycles. The Balaban J connectivity index is 1.38. The predicted molar refractivity (Wildman–Crippen MR) is 114 cm³/mol. The molecule has 2 N–H and O–H groups in total. The van der Waals surface area contributed by atoms with Gasteiger partial charge in [0.2, 0.25) is 21.1 Å². The lowest BCUT2D eigenvalue weighted by Crippen LogP contribution is -2.50. The van der Waals surface area contributed by atoms with E-state index in [9.17, 15) is 13.2 Å². The minimum absolute atomic E-state index is 0.0495. The predicted octanol–water partition coefficient (Wildman–Crippen LogP) is 1.90. The zero-order valence-electron chi connectivity index (χ0n) is 15.4. The van der Waals surface area contributed by atoms with E-state index in [0.29, 0.717) is 22.6 Å². The average molecular weight is 450 g/mol. The fourth-order valence-electron chi connectivity index (χ4n) is 3.15. The molecule has 0 aliphatic carbocycles. The van der Waals surface area contributed by atoms with Gasteiger partial charge in [-0.05, 0) is 22.9 Å². The molecule has 1 aliphatic rings. The summed E-state index contributed by atoms with van der Waals surface area (Å²) in [5.74, 6) is 0.179. The molecule has 29 heavy (non-hydrogen) atoms. The van der Waals surface area contributed by atoms with Crippen molar-refractivity contribution < 1.29 is 13.2 Å². The molecule has 1 saturated heterocycles. The molecule has 11 heteroatoms. The molecule has 3 aromatic rings. The van der Waals surface area contributed by atoms with Gasteiger partial charge in [0, 0.05) is 26.2 Å². The van der Waals surface area contributed by atoms with E-state index in [4.69, 9.17) is 5.73 Å². The van der Waals surface area contributed by atoms with Crippen LogP contribution in [0.25, 0.3) is 10.8 Å². The molecule has 0 atom stereocenters. The molecule has 1 amide bonds. The van der Waals surface area contributed by atoms with E-state index in [1.165, 1.54) is 27.4 Å². The molecular formula is C18H19N5O3S3. The van der Waals surface area contributed by atoms with Crippen LogP contribution in [0.5, 0.6) is 0 Å². The number of nitrogens with zero attached hydrogens (tertiary/aromatic N) is 4. The molecule has 2 heterocycles. The van der Waals surface area contributed by atoms with Crippen molar-refractivity contribution in [3.05, 3.63) is 42.5 Å². The zero-order valence-corrected chi connectivity index (χ0v) is 17.8. The van der Waals surface area contributed by atoms with Gasteiger partial charge in [0.1, 0.15) is 0 Å². The maximum atomic E-state index is 13.0. The lowest BCUT2D eigenvalue weighted by Gasteiger charge is -2.34. The molecule has 1 aliphatic heterocycles. The fraction of sp³-hybridized carbons (Fsp3) is 0.278. The van der Waals surface area contributed by atoms with Crippen LogP contribution in [0.2, 0.25) is 0 Å². The van der Waals surface area contributed by atoms with Gasteiger partial charge in [-0.3, -0.25) is 4.79 Å². The van der Waals surface area contributed by atoms with Gasteiger partial charge >= 0.3 is 0 Å². The van der Waals surface area contributed by atoms with Crippen molar-refractivity contribution >= 4 is 54.9 Å². The average Bonchev–Trinajstić information content (AvgIpc) is 3.17. The largest absolute Gasteiger partial charge is 0.374 e. The second-order valence-electron chi connectivity index (χ2n) is 6.49. The zero-order chi connectivity index (χ0) is 20.4. The summed E-state index contributed by atoms with van der Waals surface area (Å²) in [7, 11) is -3.60. The van der Waals surface area contributed by atoms with Crippen LogP contribution in [0.3, 0.4) is 0 Å². The van der Waals surface area contributed by atoms with Crippen LogP contribution in [0, 0.1) is 0 Å². The van der Waals surface area contributed by atoms with Gasteiger partial charge in [-0.2, -0.15) is 4.31 Å². The molecule has 0 saturated carbocycles.